The largest absolute Gasteiger partial charge is 0.497 e. The summed E-state index contributed by atoms with van der Waals surface area (Å²) < 4.78 is 6.08. The van der Waals surface area contributed by atoms with E-state index in [0.29, 0.717) is 12.6 Å². The smallest absolute Gasteiger partial charge is 0.241 e. The molecule has 1 aromatic carbocycles. The van der Waals surface area contributed by atoms with Crippen LogP contribution in [0, 0.1) is 0 Å². The summed E-state index contributed by atoms with van der Waals surface area (Å²) in [7, 11) is 3.49. The fourth-order valence-electron chi connectivity index (χ4n) is 1.73. The van der Waals surface area contributed by atoms with Crippen molar-refractivity contribution in [3.8, 4) is 5.75 Å². The van der Waals surface area contributed by atoms with Crippen LogP contribution in [0.15, 0.2) is 22.7 Å². The maximum Gasteiger partial charge on any atom is 0.241 e. The summed E-state index contributed by atoms with van der Waals surface area (Å²) in [4.78, 5) is 13.7. The van der Waals surface area contributed by atoms with Gasteiger partial charge in [0, 0.05) is 23.6 Å². The molecular formula is C13H17BrN2O2. The van der Waals surface area contributed by atoms with E-state index >= 15 is 0 Å². The molecule has 5 heteroatoms. The molecule has 1 N–H and O–H groups in total. The van der Waals surface area contributed by atoms with Gasteiger partial charge in [-0.1, -0.05) is 0 Å². The number of hydrogen-bond acceptors (Lipinski definition) is 3. The lowest BCUT2D eigenvalue weighted by molar-refractivity contribution is -0.128. The van der Waals surface area contributed by atoms with Crippen LogP contribution in [0.5, 0.6) is 5.75 Å². The normalized spacial score (nSPS) is 14.2. The Morgan fingerprint density at radius 2 is 2.28 bits per heavy atom. The number of halogens is 1. The molecule has 0 aliphatic heterocycles. The van der Waals surface area contributed by atoms with Gasteiger partial charge in [-0.05, 0) is 40.9 Å². The van der Waals surface area contributed by atoms with Crippen LogP contribution >= 0.6 is 15.9 Å². The van der Waals surface area contributed by atoms with Crippen molar-refractivity contribution in [3.05, 3.63) is 22.7 Å². The van der Waals surface area contributed by atoms with E-state index in [-0.39, 0.29) is 5.91 Å². The number of likely N-dealkylation sites (N-methyl/N-ethyl adjacent to an activating group) is 1. The van der Waals surface area contributed by atoms with Gasteiger partial charge in [-0.15, -0.1) is 0 Å². The molecule has 0 spiro atoms. The van der Waals surface area contributed by atoms with Gasteiger partial charge in [0.15, 0.2) is 0 Å². The monoisotopic (exact) mass is 312 g/mol. The Hall–Kier alpha value is -1.23. The highest BCUT2D eigenvalue weighted by Crippen LogP contribution is 2.28. The van der Waals surface area contributed by atoms with Crippen molar-refractivity contribution in [2.75, 3.05) is 26.0 Å². The number of carbonyl (C=O) groups excluding carboxylic acids is 1. The third-order valence-corrected chi connectivity index (χ3v) is 3.78. The van der Waals surface area contributed by atoms with Crippen molar-refractivity contribution in [2.45, 2.75) is 18.9 Å². The molecular weight excluding hydrogens is 296 g/mol. The first-order valence-electron chi connectivity index (χ1n) is 5.95. The maximum absolute atomic E-state index is 11.9. The lowest BCUT2D eigenvalue weighted by Gasteiger charge is -2.17. The van der Waals surface area contributed by atoms with Gasteiger partial charge in [0.1, 0.15) is 5.75 Å². The van der Waals surface area contributed by atoms with Gasteiger partial charge in [-0.25, -0.2) is 0 Å². The first-order valence-corrected chi connectivity index (χ1v) is 6.74. The number of ether oxygens (including phenoxy) is 1. The number of amides is 1. The third-order valence-electron chi connectivity index (χ3n) is 3.09. The minimum atomic E-state index is 0.118. The molecule has 1 amide bonds. The lowest BCUT2D eigenvalue weighted by atomic mass is 10.3. The average Bonchev–Trinajstić information content (AvgIpc) is 3.20. The first-order chi connectivity index (χ1) is 8.61. The topological polar surface area (TPSA) is 41.6 Å². The summed E-state index contributed by atoms with van der Waals surface area (Å²) in [6.07, 6.45) is 2.26. The van der Waals surface area contributed by atoms with E-state index in [2.05, 4.69) is 21.2 Å². The van der Waals surface area contributed by atoms with Crippen molar-refractivity contribution in [3.63, 3.8) is 0 Å². The molecule has 1 aliphatic carbocycles. The fraction of sp³-hybridized carbons (Fsp3) is 0.462. The van der Waals surface area contributed by atoms with Crippen molar-refractivity contribution >= 4 is 27.5 Å². The fourth-order valence-corrected chi connectivity index (χ4v) is 2.11. The second-order valence-electron chi connectivity index (χ2n) is 4.44. The maximum atomic E-state index is 11.9. The van der Waals surface area contributed by atoms with E-state index in [4.69, 9.17) is 4.74 Å². The Balaban J connectivity index is 1.94. The van der Waals surface area contributed by atoms with Gasteiger partial charge in [0.2, 0.25) is 5.91 Å². The highest BCUT2D eigenvalue weighted by Gasteiger charge is 2.29. The molecule has 2 rings (SSSR count). The average molecular weight is 313 g/mol. The summed E-state index contributed by atoms with van der Waals surface area (Å²) in [5.74, 6) is 0.885. The molecule has 18 heavy (non-hydrogen) atoms. The van der Waals surface area contributed by atoms with Crippen LogP contribution in [0.25, 0.3) is 0 Å². The number of rotatable bonds is 5. The van der Waals surface area contributed by atoms with Crippen molar-refractivity contribution in [1.82, 2.24) is 4.90 Å². The quantitative estimate of drug-likeness (QED) is 0.908. The minimum Gasteiger partial charge on any atom is -0.497 e. The number of anilines is 1. The van der Waals surface area contributed by atoms with E-state index < -0.39 is 0 Å². The molecule has 0 aromatic heterocycles. The van der Waals surface area contributed by atoms with E-state index in [1.807, 2.05) is 30.1 Å². The number of carbonyl (C=O) groups is 1. The molecule has 1 fully saturated rings. The van der Waals surface area contributed by atoms with Gasteiger partial charge in [0.05, 0.1) is 19.3 Å². The van der Waals surface area contributed by atoms with Crippen LogP contribution < -0.4 is 10.1 Å². The highest BCUT2D eigenvalue weighted by atomic mass is 79.9. The van der Waals surface area contributed by atoms with Gasteiger partial charge in [-0.2, -0.15) is 0 Å². The molecule has 0 heterocycles. The van der Waals surface area contributed by atoms with Gasteiger partial charge in [0.25, 0.3) is 0 Å². The second-order valence-corrected chi connectivity index (χ2v) is 5.29. The Bertz CT molecular complexity index is 447. The lowest BCUT2D eigenvalue weighted by Crippen LogP contribution is -2.33. The molecule has 0 radical (unpaired) electrons. The number of methoxy groups -OCH3 is 1. The van der Waals surface area contributed by atoms with Crippen LogP contribution in [0.1, 0.15) is 12.8 Å². The predicted octanol–water partition coefficient (Wildman–Crippen LogP) is 2.49. The standard InChI is InChI=1S/C13H17BrN2O2/c1-16(9-3-4-9)13(17)8-15-12-7-10(18-2)5-6-11(12)14/h5-7,9,15H,3-4,8H2,1-2H3. The third kappa shape index (κ3) is 3.16. The Labute approximate surface area is 115 Å². The van der Waals surface area contributed by atoms with Gasteiger partial charge >= 0.3 is 0 Å². The molecule has 0 atom stereocenters. The summed E-state index contributed by atoms with van der Waals surface area (Å²) in [5.41, 5.74) is 0.867. The van der Waals surface area contributed by atoms with Crippen LogP contribution in [0.3, 0.4) is 0 Å². The van der Waals surface area contributed by atoms with E-state index in [1.165, 1.54) is 0 Å². The summed E-state index contributed by atoms with van der Waals surface area (Å²) >= 11 is 3.45. The molecule has 98 valence electrons. The summed E-state index contributed by atoms with van der Waals surface area (Å²) in [6.45, 7) is 0.304. The van der Waals surface area contributed by atoms with Crippen molar-refractivity contribution < 1.29 is 9.53 Å². The molecule has 4 nitrogen and oxygen atoms in total. The van der Waals surface area contributed by atoms with Crippen LogP contribution in [0.2, 0.25) is 0 Å². The Morgan fingerprint density at radius 3 is 2.89 bits per heavy atom. The van der Waals surface area contributed by atoms with Crippen LogP contribution in [-0.2, 0) is 4.79 Å². The zero-order valence-electron chi connectivity index (χ0n) is 10.6. The summed E-state index contributed by atoms with van der Waals surface area (Å²) in [6, 6.07) is 6.09. The molecule has 0 bridgehead atoms. The van der Waals surface area contributed by atoms with Crippen LogP contribution in [-0.4, -0.2) is 37.6 Å². The number of benzene rings is 1. The zero-order valence-corrected chi connectivity index (χ0v) is 12.2. The van der Waals surface area contributed by atoms with E-state index in [0.717, 1.165) is 28.8 Å². The predicted molar refractivity (Wildman–Crippen MR) is 75.0 cm³/mol. The molecule has 1 aromatic rings. The number of hydrogen-bond donors (Lipinski definition) is 1. The minimum absolute atomic E-state index is 0.118. The van der Waals surface area contributed by atoms with Crippen LogP contribution in [0.4, 0.5) is 5.69 Å². The highest BCUT2D eigenvalue weighted by molar-refractivity contribution is 9.10. The molecule has 1 saturated carbocycles. The Kier molecular flexibility index (Phi) is 4.11. The second kappa shape index (κ2) is 5.61. The van der Waals surface area contributed by atoms with E-state index in [9.17, 15) is 4.79 Å². The number of nitrogens with zero attached hydrogens (tertiary/aromatic N) is 1. The zero-order chi connectivity index (χ0) is 13.1. The first kappa shape index (κ1) is 13.2. The SMILES string of the molecule is COc1ccc(Br)c(NCC(=O)N(C)C2CC2)c1. The van der Waals surface area contributed by atoms with Gasteiger partial charge in [-0.3, -0.25) is 4.79 Å². The van der Waals surface area contributed by atoms with Gasteiger partial charge < -0.3 is 15.0 Å². The van der Waals surface area contributed by atoms with Crippen molar-refractivity contribution in [2.24, 2.45) is 0 Å². The molecule has 1 aliphatic rings. The van der Waals surface area contributed by atoms with Crippen molar-refractivity contribution in [1.29, 1.82) is 0 Å². The van der Waals surface area contributed by atoms with E-state index in [1.54, 1.807) is 7.11 Å². The Morgan fingerprint density at radius 1 is 1.56 bits per heavy atom. The molecule has 0 unspecified atom stereocenters. The molecule has 0 saturated heterocycles. The number of nitrogens with one attached hydrogen (secondary N) is 1. The summed E-state index contributed by atoms with van der Waals surface area (Å²) in [5, 5.41) is 3.13.